The highest BCUT2D eigenvalue weighted by Crippen LogP contribution is 2.33. The maximum Gasteiger partial charge on any atom is 0.326 e. The van der Waals surface area contributed by atoms with Gasteiger partial charge in [-0.2, -0.15) is 0 Å². The number of benzene rings is 2. The van der Waals surface area contributed by atoms with E-state index >= 15 is 0 Å². The summed E-state index contributed by atoms with van der Waals surface area (Å²) in [6.07, 6.45) is 0.854. The summed E-state index contributed by atoms with van der Waals surface area (Å²) in [5.74, 6) is 0. The van der Waals surface area contributed by atoms with E-state index in [9.17, 15) is 4.79 Å². The van der Waals surface area contributed by atoms with Crippen LogP contribution in [0.25, 0.3) is 0 Å². The lowest BCUT2D eigenvalue weighted by molar-refractivity contribution is 0.256. The summed E-state index contributed by atoms with van der Waals surface area (Å²) < 4.78 is 0. The maximum absolute atomic E-state index is 12.6. The Bertz CT molecular complexity index is 702. The van der Waals surface area contributed by atoms with Gasteiger partial charge in [-0.15, -0.1) is 0 Å². The van der Waals surface area contributed by atoms with Gasteiger partial charge in [-0.1, -0.05) is 41.4 Å². The zero-order chi connectivity index (χ0) is 15.0. The fourth-order valence-electron chi connectivity index (χ4n) is 2.64. The number of nitrogens with one attached hydrogen (secondary N) is 1. The molecule has 1 heterocycles. The lowest BCUT2D eigenvalue weighted by Gasteiger charge is -2.23. The molecule has 1 aliphatic rings. The summed E-state index contributed by atoms with van der Waals surface area (Å²) in [6.45, 7) is 2.03. The monoisotopic (exact) mass is 320 g/mol. The topological polar surface area (TPSA) is 32.3 Å². The van der Waals surface area contributed by atoms with Gasteiger partial charge >= 0.3 is 6.03 Å². The van der Waals surface area contributed by atoms with Crippen molar-refractivity contribution in [1.29, 1.82) is 0 Å². The number of carbonyl (C=O) groups is 1. The number of fused-ring (bicyclic) bond motifs is 1. The summed E-state index contributed by atoms with van der Waals surface area (Å²) in [5.41, 5.74) is 2.64. The largest absolute Gasteiger partial charge is 0.326 e. The van der Waals surface area contributed by atoms with E-state index in [1.165, 1.54) is 5.56 Å². The van der Waals surface area contributed by atoms with Crippen LogP contribution in [-0.4, -0.2) is 12.1 Å². The minimum atomic E-state index is -0.198. The predicted octanol–water partition coefficient (Wildman–Crippen LogP) is 4.98. The zero-order valence-corrected chi connectivity index (χ0v) is 12.9. The van der Waals surface area contributed by atoms with Crippen LogP contribution in [-0.2, 0) is 6.42 Å². The van der Waals surface area contributed by atoms with Crippen molar-refractivity contribution in [1.82, 2.24) is 0 Å². The number of anilines is 2. The van der Waals surface area contributed by atoms with E-state index in [1.54, 1.807) is 23.1 Å². The van der Waals surface area contributed by atoms with Crippen LogP contribution < -0.4 is 10.2 Å². The van der Waals surface area contributed by atoms with Gasteiger partial charge in [0, 0.05) is 16.8 Å². The molecule has 2 amide bonds. The first kappa shape index (κ1) is 14.2. The molecule has 1 unspecified atom stereocenters. The SMILES string of the molecule is CC1Cc2ccccc2N1C(=O)Nc1cc(Cl)ccc1Cl. The second-order valence-corrected chi connectivity index (χ2v) is 5.95. The van der Waals surface area contributed by atoms with Crippen molar-refractivity contribution in [2.45, 2.75) is 19.4 Å². The summed E-state index contributed by atoms with van der Waals surface area (Å²) in [6, 6.07) is 12.8. The number of nitrogens with zero attached hydrogens (tertiary/aromatic N) is 1. The molecule has 0 fully saturated rings. The van der Waals surface area contributed by atoms with Crippen LogP contribution in [0.1, 0.15) is 12.5 Å². The molecule has 0 saturated heterocycles. The first-order valence-electron chi connectivity index (χ1n) is 6.69. The minimum absolute atomic E-state index is 0.111. The predicted molar refractivity (Wildman–Crippen MR) is 87.6 cm³/mol. The van der Waals surface area contributed by atoms with Crippen LogP contribution in [0.3, 0.4) is 0 Å². The van der Waals surface area contributed by atoms with Crippen LogP contribution in [0.15, 0.2) is 42.5 Å². The Hall–Kier alpha value is -1.71. The van der Waals surface area contributed by atoms with Crippen LogP contribution >= 0.6 is 23.2 Å². The highest BCUT2D eigenvalue weighted by molar-refractivity contribution is 6.35. The second-order valence-electron chi connectivity index (χ2n) is 5.11. The molecule has 2 aromatic rings. The van der Waals surface area contributed by atoms with Gasteiger partial charge in [-0.3, -0.25) is 4.90 Å². The van der Waals surface area contributed by atoms with Gasteiger partial charge in [-0.05, 0) is 43.2 Å². The molecule has 0 bridgehead atoms. The average molecular weight is 321 g/mol. The Morgan fingerprint density at radius 2 is 2.00 bits per heavy atom. The third-order valence-corrected chi connectivity index (χ3v) is 4.16. The lowest BCUT2D eigenvalue weighted by atomic mass is 10.1. The van der Waals surface area contributed by atoms with Crippen LogP contribution in [0.4, 0.5) is 16.2 Å². The van der Waals surface area contributed by atoms with Gasteiger partial charge in [0.05, 0.1) is 10.7 Å². The fourth-order valence-corrected chi connectivity index (χ4v) is 2.98. The van der Waals surface area contributed by atoms with E-state index < -0.39 is 0 Å². The first-order valence-corrected chi connectivity index (χ1v) is 7.45. The molecule has 0 aliphatic carbocycles. The third-order valence-electron chi connectivity index (χ3n) is 3.60. The van der Waals surface area contributed by atoms with E-state index in [0.29, 0.717) is 15.7 Å². The van der Waals surface area contributed by atoms with Crippen molar-refractivity contribution in [3.63, 3.8) is 0 Å². The smallest absolute Gasteiger partial charge is 0.306 e. The Labute approximate surface area is 133 Å². The molecule has 2 aromatic carbocycles. The molecule has 1 N–H and O–H groups in total. The van der Waals surface area contributed by atoms with E-state index in [0.717, 1.165) is 12.1 Å². The standard InChI is InChI=1S/C16H14Cl2N2O/c1-10-8-11-4-2-3-5-15(11)20(10)16(21)19-14-9-12(17)6-7-13(14)18/h2-7,9-10H,8H2,1H3,(H,19,21). The number of amides is 2. The Kier molecular flexibility index (Phi) is 3.79. The van der Waals surface area contributed by atoms with Gasteiger partial charge in [0.15, 0.2) is 0 Å². The van der Waals surface area contributed by atoms with Crippen molar-refractivity contribution in [2.75, 3.05) is 10.2 Å². The van der Waals surface area contributed by atoms with Crippen LogP contribution in [0, 0.1) is 0 Å². The molecule has 0 aromatic heterocycles. The summed E-state index contributed by atoms with van der Waals surface area (Å²) in [5, 5.41) is 3.83. The molecule has 3 rings (SSSR count). The maximum atomic E-state index is 12.6. The molecule has 3 nitrogen and oxygen atoms in total. The zero-order valence-electron chi connectivity index (χ0n) is 11.4. The van der Waals surface area contributed by atoms with Crippen LogP contribution in [0.5, 0.6) is 0 Å². The summed E-state index contributed by atoms with van der Waals surface area (Å²) >= 11 is 12.0. The van der Waals surface area contributed by atoms with Gasteiger partial charge in [0.1, 0.15) is 0 Å². The van der Waals surface area contributed by atoms with Crippen molar-refractivity contribution < 1.29 is 4.79 Å². The van der Waals surface area contributed by atoms with Gasteiger partial charge in [0.25, 0.3) is 0 Å². The molecule has 5 heteroatoms. The Morgan fingerprint density at radius 1 is 1.24 bits per heavy atom. The number of para-hydroxylation sites is 1. The van der Waals surface area contributed by atoms with Gasteiger partial charge in [0.2, 0.25) is 0 Å². The molecule has 1 atom stereocenters. The molecule has 108 valence electrons. The third kappa shape index (κ3) is 2.71. The number of urea groups is 1. The quantitative estimate of drug-likeness (QED) is 0.789. The highest BCUT2D eigenvalue weighted by Gasteiger charge is 2.30. The molecule has 1 aliphatic heterocycles. The van der Waals surface area contributed by atoms with E-state index in [1.807, 2.05) is 31.2 Å². The normalized spacial score (nSPS) is 16.7. The number of halogens is 2. The molecular formula is C16H14Cl2N2O. The molecular weight excluding hydrogens is 307 g/mol. The molecule has 0 saturated carbocycles. The molecule has 0 spiro atoms. The summed E-state index contributed by atoms with van der Waals surface area (Å²) in [4.78, 5) is 14.3. The summed E-state index contributed by atoms with van der Waals surface area (Å²) in [7, 11) is 0. The Morgan fingerprint density at radius 3 is 2.81 bits per heavy atom. The highest BCUT2D eigenvalue weighted by atomic mass is 35.5. The minimum Gasteiger partial charge on any atom is -0.306 e. The lowest BCUT2D eigenvalue weighted by Crippen LogP contribution is -2.39. The molecule has 21 heavy (non-hydrogen) atoms. The van der Waals surface area contributed by atoms with Crippen molar-refractivity contribution in [2.24, 2.45) is 0 Å². The molecule has 0 radical (unpaired) electrons. The average Bonchev–Trinajstić information content (AvgIpc) is 2.78. The number of hydrogen-bond acceptors (Lipinski definition) is 1. The van der Waals surface area contributed by atoms with Gasteiger partial charge < -0.3 is 5.32 Å². The van der Waals surface area contributed by atoms with E-state index in [-0.39, 0.29) is 12.1 Å². The van der Waals surface area contributed by atoms with Crippen molar-refractivity contribution in [3.8, 4) is 0 Å². The van der Waals surface area contributed by atoms with E-state index in [2.05, 4.69) is 5.32 Å². The van der Waals surface area contributed by atoms with Crippen LogP contribution in [0.2, 0.25) is 10.0 Å². The van der Waals surface area contributed by atoms with Crippen molar-refractivity contribution >= 4 is 40.6 Å². The Balaban J connectivity index is 1.87. The number of hydrogen-bond donors (Lipinski definition) is 1. The fraction of sp³-hybridized carbons (Fsp3) is 0.188. The van der Waals surface area contributed by atoms with Crippen molar-refractivity contribution in [3.05, 3.63) is 58.1 Å². The first-order chi connectivity index (χ1) is 10.1. The second kappa shape index (κ2) is 5.58. The number of carbonyl (C=O) groups excluding carboxylic acids is 1. The van der Waals surface area contributed by atoms with E-state index in [4.69, 9.17) is 23.2 Å². The number of rotatable bonds is 1. The van der Waals surface area contributed by atoms with Gasteiger partial charge in [-0.25, -0.2) is 4.79 Å².